The molecule has 0 fully saturated rings. The summed E-state index contributed by atoms with van der Waals surface area (Å²) >= 11 is 0. The Hall–Kier alpha value is -6.69. The van der Waals surface area contributed by atoms with E-state index in [2.05, 4.69) is 189 Å². The molecule has 7 aromatic rings. The van der Waals surface area contributed by atoms with Crippen LogP contribution in [0.15, 0.2) is 182 Å². The summed E-state index contributed by atoms with van der Waals surface area (Å²) in [5.41, 5.74) is 18.6. The smallest absolute Gasteiger partial charge is 0.0991 e. The summed E-state index contributed by atoms with van der Waals surface area (Å²) in [6, 6.07) is 63.7. The Morgan fingerprint density at radius 3 is 1.78 bits per heavy atom. The number of nitriles is 1. The zero-order valence-corrected chi connectivity index (χ0v) is 30.3. The first-order valence-electron chi connectivity index (χ1n) is 18.8. The van der Waals surface area contributed by atoms with Gasteiger partial charge in [0.05, 0.1) is 23.1 Å². The van der Waals surface area contributed by atoms with Crippen LogP contribution in [0.1, 0.15) is 75.5 Å². The van der Waals surface area contributed by atoms with Crippen molar-refractivity contribution >= 4 is 11.3 Å². The molecule has 256 valence electrons. The summed E-state index contributed by atoms with van der Waals surface area (Å²) < 4.78 is 0. The minimum absolute atomic E-state index is 0.136. The van der Waals surface area contributed by atoms with E-state index in [0.717, 1.165) is 22.4 Å². The van der Waals surface area contributed by atoms with Gasteiger partial charge in [-0.3, -0.25) is 0 Å². The van der Waals surface area contributed by atoms with Crippen molar-refractivity contribution in [3.63, 3.8) is 0 Å². The van der Waals surface area contributed by atoms with E-state index in [4.69, 9.17) is 0 Å². The van der Waals surface area contributed by atoms with Crippen molar-refractivity contribution in [2.45, 2.75) is 30.7 Å². The maximum Gasteiger partial charge on any atom is 0.0991 e. The Morgan fingerprint density at radius 1 is 0.519 bits per heavy atom. The molecule has 0 amide bonds. The van der Waals surface area contributed by atoms with Crippen LogP contribution in [0.3, 0.4) is 0 Å². The molecule has 2 nitrogen and oxygen atoms in total. The maximum absolute atomic E-state index is 9.83. The van der Waals surface area contributed by atoms with Gasteiger partial charge in [0.15, 0.2) is 0 Å². The Bertz CT molecular complexity index is 2670. The quantitative estimate of drug-likeness (QED) is 0.200. The first-order valence-corrected chi connectivity index (χ1v) is 18.8. The number of dihydropyridines is 1. The van der Waals surface area contributed by atoms with Gasteiger partial charge in [0.1, 0.15) is 0 Å². The number of fused-ring (bicyclic) bond motifs is 9. The number of hydrogen-bond donors (Lipinski definition) is 1. The molecule has 1 unspecified atom stereocenters. The second-order valence-electron chi connectivity index (χ2n) is 15.2. The second kappa shape index (κ2) is 12.2. The fourth-order valence-electron chi connectivity index (χ4n) is 9.59. The lowest BCUT2D eigenvalue weighted by Crippen LogP contribution is -2.40. The number of nitrogens with one attached hydrogen (secondary N) is 1. The van der Waals surface area contributed by atoms with Crippen LogP contribution in [0.25, 0.3) is 33.5 Å². The predicted molar refractivity (Wildman–Crippen MR) is 221 cm³/mol. The molecular formula is C52H38N2. The van der Waals surface area contributed by atoms with E-state index in [9.17, 15) is 5.26 Å². The van der Waals surface area contributed by atoms with Gasteiger partial charge in [-0.15, -0.1) is 0 Å². The topological polar surface area (TPSA) is 35.8 Å². The number of hydrogen-bond acceptors (Lipinski definition) is 2. The Balaban J connectivity index is 1.19. The first kappa shape index (κ1) is 32.0. The van der Waals surface area contributed by atoms with Gasteiger partial charge in [-0.2, -0.15) is 5.26 Å². The Labute approximate surface area is 317 Å². The third-order valence-electron chi connectivity index (χ3n) is 12.0. The van der Waals surface area contributed by atoms with E-state index in [1.165, 1.54) is 61.2 Å². The molecule has 1 heterocycles. The average molecular weight is 691 g/mol. The van der Waals surface area contributed by atoms with Gasteiger partial charge in [0.25, 0.3) is 0 Å². The van der Waals surface area contributed by atoms with Gasteiger partial charge in [-0.25, -0.2) is 0 Å². The Morgan fingerprint density at radius 2 is 1.07 bits per heavy atom. The van der Waals surface area contributed by atoms with Crippen LogP contribution in [0.2, 0.25) is 0 Å². The normalized spacial score (nSPS) is 16.8. The third-order valence-corrected chi connectivity index (χ3v) is 12.0. The van der Waals surface area contributed by atoms with Gasteiger partial charge < -0.3 is 5.32 Å². The molecule has 1 N–H and O–H groups in total. The SMILES string of the molecule is CC1(C)c2ccccc2C2(c3ccccc3-c3c(C4C=C(c5cccc(C#N)c5)C=C(c5ccc(-c6ccccc6)cc5)N4)cccc32)c2ccccc21. The minimum Gasteiger partial charge on any atom is -0.374 e. The molecule has 7 aromatic carbocycles. The third kappa shape index (κ3) is 4.65. The fraction of sp³-hybridized carbons (Fsp3) is 0.0962. The highest BCUT2D eigenvalue weighted by Crippen LogP contribution is 2.63. The lowest BCUT2D eigenvalue weighted by molar-refractivity contribution is 0.563. The lowest BCUT2D eigenvalue weighted by Gasteiger charge is -2.46. The van der Waals surface area contributed by atoms with E-state index in [-0.39, 0.29) is 11.5 Å². The highest BCUT2D eigenvalue weighted by atomic mass is 14.9. The number of rotatable bonds is 4. The summed E-state index contributed by atoms with van der Waals surface area (Å²) in [7, 11) is 0. The second-order valence-corrected chi connectivity index (χ2v) is 15.2. The summed E-state index contributed by atoms with van der Waals surface area (Å²) in [6.45, 7) is 4.74. The van der Waals surface area contributed by atoms with E-state index >= 15 is 0 Å². The summed E-state index contributed by atoms with van der Waals surface area (Å²) in [5, 5.41) is 13.8. The molecule has 2 aliphatic carbocycles. The summed E-state index contributed by atoms with van der Waals surface area (Å²) in [5.74, 6) is 0. The standard InChI is InChI=1S/C52H38N2/c1-51(2)43-21-8-10-23-45(43)52(46-24-11-9-22-44(46)51)42-20-7-6-18-40(42)50-41(19-13-25-47(50)52)49-32-39(38-17-12-14-34(30-38)33-53)31-48(54-49)37-28-26-36(27-29-37)35-15-4-3-5-16-35/h3-32,49,54H,1-2H3. The highest BCUT2D eigenvalue weighted by molar-refractivity contribution is 5.92. The zero-order valence-electron chi connectivity index (χ0n) is 30.3. The Kier molecular flexibility index (Phi) is 7.22. The van der Waals surface area contributed by atoms with Gasteiger partial charge in [-0.05, 0) is 102 Å². The van der Waals surface area contributed by atoms with Crippen molar-refractivity contribution in [3.05, 3.63) is 238 Å². The molecular weight excluding hydrogens is 653 g/mol. The number of nitrogens with zero attached hydrogens (tertiary/aromatic N) is 1. The van der Waals surface area contributed by atoms with Crippen molar-refractivity contribution in [1.29, 1.82) is 5.26 Å². The molecule has 54 heavy (non-hydrogen) atoms. The van der Waals surface area contributed by atoms with Crippen LogP contribution in [-0.2, 0) is 10.8 Å². The fourth-order valence-corrected chi connectivity index (χ4v) is 9.59. The molecule has 2 heteroatoms. The van der Waals surface area contributed by atoms with Crippen LogP contribution in [0, 0.1) is 11.3 Å². The zero-order chi connectivity index (χ0) is 36.4. The molecule has 0 saturated heterocycles. The van der Waals surface area contributed by atoms with Gasteiger partial charge in [0, 0.05) is 11.1 Å². The molecule has 0 saturated carbocycles. The largest absolute Gasteiger partial charge is 0.374 e. The van der Waals surface area contributed by atoms with Crippen molar-refractivity contribution in [2.24, 2.45) is 0 Å². The van der Waals surface area contributed by atoms with Crippen LogP contribution in [0.4, 0.5) is 0 Å². The van der Waals surface area contributed by atoms with E-state index in [0.29, 0.717) is 5.56 Å². The maximum atomic E-state index is 9.83. The molecule has 1 spiro atoms. The minimum atomic E-state index is -0.459. The van der Waals surface area contributed by atoms with E-state index < -0.39 is 5.41 Å². The molecule has 0 bridgehead atoms. The summed E-state index contributed by atoms with van der Waals surface area (Å²) in [4.78, 5) is 0. The lowest BCUT2D eigenvalue weighted by atomic mass is 9.55. The van der Waals surface area contributed by atoms with Gasteiger partial charge in [0.2, 0.25) is 0 Å². The molecule has 3 aliphatic rings. The average Bonchev–Trinajstić information content (AvgIpc) is 3.54. The predicted octanol–water partition coefficient (Wildman–Crippen LogP) is 12.0. The molecule has 1 aliphatic heterocycles. The van der Waals surface area contributed by atoms with Crippen molar-refractivity contribution in [1.82, 2.24) is 5.32 Å². The molecule has 1 atom stereocenters. The van der Waals surface area contributed by atoms with Gasteiger partial charge in [-0.1, -0.05) is 172 Å². The van der Waals surface area contributed by atoms with Crippen LogP contribution in [0.5, 0.6) is 0 Å². The molecule has 0 aromatic heterocycles. The van der Waals surface area contributed by atoms with Gasteiger partial charge >= 0.3 is 0 Å². The van der Waals surface area contributed by atoms with E-state index in [1.807, 2.05) is 18.2 Å². The van der Waals surface area contributed by atoms with Crippen LogP contribution in [-0.4, -0.2) is 0 Å². The van der Waals surface area contributed by atoms with Crippen molar-refractivity contribution in [2.75, 3.05) is 0 Å². The summed E-state index contributed by atoms with van der Waals surface area (Å²) in [6.07, 6.45) is 4.58. The van der Waals surface area contributed by atoms with E-state index in [1.54, 1.807) is 0 Å². The highest BCUT2D eigenvalue weighted by Gasteiger charge is 2.53. The van der Waals surface area contributed by atoms with Crippen LogP contribution >= 0.6 is 0 Å². The van der Waals surface area contributed by atoms with Crippen molar-refractivity contribution < 1.29 is 0 Å². The van der Waals surface area contributed by atoms with Crippen molar-refractivity contribution in [3.8, 4) is 28.3 Å². The first-order chi connectivity index (χ1) is 26.5. The molecule has 0 radical (unpaired) electrons. The van der Waals surface area contributed by atoms with Crippen LogP contribution < -0.4 is 5.32 Å². The molecule has 10 rings (SSSR count). The monoisotopic (exact) mass is 690 g/mol. The number of allylic oxidation sites excluding steroid dienone is 2. The number of benzene rings is 7.